The summed E-state index contributed by atoms with van der Waals surface area (Å²) >= 11 is 0. The molecule has 0 aliphatic heterocycles. The number of nitro groups is 1. The van der Waals surface area contributed by atoms with E-state index in [-0.39, 0.29) is 17.9 Å². The van der Waals surface area contributed by atoms with E-state index in [4.69, 9.17) is 0 Å². The highest BCUT2D eigenvalue weighted by Gasteiger charge is 2.18. The second kappa shape index (κ2) is 6.87. The van der Waals surface area contributed by atoms with Crippen LogP contribution in [0.25, 0.3) is 11.1 Å². The summed E-state index contributed by atoms with van der Waals surface area (Å²) in [6.45, 7) is 0. The Kier molecular flexibility index (Phi) is 4.47. The van der Waals surface area contributed by atoms with Crippen LogP contribution in [0.5, 0.6) is 0 Å². The van der Waals surface area contributed by atoms with Gasteiger partial charge in [-0.3, -0.25) is 14.9 Å². The number of rotatable bonds is 5. The zero-order valence-corrected chi connectivity index (χ0v) is 12.9. The Labute approximate surface area is 139 Å². The number of carbonyl (C=O) groups is 1. The Morgan fingerprint density at radius 1 is 0.792 bits per heavy atom. The molecule has 0 unspecified atom stereocenters. The van der Waals surface area contributed by atoms with Gasteiger partial charge in [0.1, 0.15) is 0 Å². The average molecular weight is 317 g/mol. The largest absolute Gasteiger partial charge is 0.294 e. The van der Waals surface area contributed by atoms with Gasteiger partial charge in [-0.15, -0.1) is 0 Å². The third-order valence-corrected chi connectivity index (χ3v) is 3.86. The van der Waals surface area contributed by atoms with Gasteiger partial charge in [-0.05, 0) is 17.2 Å². The maximum atomic E-state index is 12.5. The Balaban J connectivity index is 2.01. The lowest BCUT2D eigenvalue weighted by molar-refractivity contribution is -0.384. The SMILES string of the molecule is O=C(Cc1ccccc1-c1ccccc1[N+](=O)[O-])c1ccccc1. The van der Waals surface area contributed by atoms with Crippen molar-refractivity contribution in [1.82, 2.24) is 0 Å². The van der Waals surface area contributed by atoms with Crippen molar-refractivity contribution < 1.29 is 9.72 Å². The first kappa shape index (κ1) is 15.6. The van der Waals surface area contributed by atoms with Gasteiger partial charge in [0, 0.05) is 18.1 Å². The van der Waals surface area contributed by atoms with Gasteiger partial charge < -0.3 is 0 Å². The third-order valence-electron chi connectivity index (χ3n) is 3.86. The summed E-state index contributed by atoms with van der Waals surface area (Å²) in [6.07, 6.45) is 0.201. The van der Waals surface area contributed by atoms with Crippen LogP contribution in [0.2, 0.25) is 0 Å². The number of nitrogens with zero attached hydrogens (tertiary/aromatic N) is 1. The molecule has 0 saturated carbocycles. The topological polar surface area (TPSA) is 60.2 Å². The van der Waals surface area contributed by atoms with Crippen LogP contribution in [0.1, 0.15) is 15.9 Å². The molecule has 0 N–H and O–H groups in total. The van der Waals surface area contributed by atoms with Crippen LogP contribution >= 0.6 is 0 Å². The predicted molar refractivity (Wildman–Crippen MR) is 93.0 cm³/mol. The summed E-state index contributed by atoms with van der Waals surface area (Å²) < 4.78 is 0. The van der Waals surface area contributed by atoms with Crippen LogP contribution < -0.4 is 0 Å². The van der Waals surface area contributed by atoms with Gasteiger partial charge in [0.15, 0.2) is 5.78 Å². The molecular formula is C20H15NO3. The van der Waals surface area contributed by atoms with Crippen LogP contribution in [0.15, 0.2) is 78.9 Å². The summed E-state index contributed by atoms with van der Waals surface area (Å²) in [5.74, 6) is -0.0124. The molecule has 4 nitrogen and oxygen atoms in total. The van der Waals surface area contributed by atoms with Crippen molar-refractivity contribution in [3.8, 4) is 11.1 Å². The second-order valence-corrected chi connectivity index (χ2v) is 5.40. The van der Waals surface area contributed by atoms with Crippen molar-refractivity contribution in [2.75, 3.05) is 0 Å². The van der Waals surface area contributed by atoms with Crippen molar-refractivity contribution in [3.05, 3.63) is 100 Å². The van der Waals surface area contributed by atoms with Crippen molar-refractivity contribution in [3.63, 3.8) is 0 Å². The zero-order chi connectivity index (χ0) is 16.9. The minimum Gasteiger partial charge on any atom is -0.294 e. The molecule has 3 rings (SSSR count). The molecule has 0 heterocycles. The average Bonchev–Trinajstić information content (AvgIpc) is 2.63. The molecule has 0 atom stereocenters. The normalized spacial score (nSPS) is 10.3. The number of para-hydroxylation sites is 1. The van der Waals surface area contributed by atoms with E-state index in [0.717, 1.165) is 5.56 Å². The first-order valence-electron chi connectivity index (χ1n) is 7.57. The number of benzene rings is 3. The summed E-state index contributed by atoms with van der Waals surface area (Å²) in [4.78, 5) is 23.4. The van der Waals surface area contributed by atoms with Crippen molar-refractivity contribution >= 4 is 11.5 Å². The lowest BCUT2D eigenvalue weighted by atomic mass is 9.94. The number of nitro benzene ring substituents is 1. The van der Waals surface area contributed by atoms with Gasteiger partial charge in [0.05, 0.1) is 10.5 Å². The van der Waals surface area contributed by atoms with E-state index in [0.29, 0.717) is 16.7 Å². The molecule has 0 bridgehead atoms. The molecule has 24 heavy (non-hydrogen) atoms. The Bertz CT molecular complexity index is 888. The summed E-state index contributed by atoms with van der Waals surface area (Å²) in [5, 5.41) is 11.3. The third kappa shape index (κ3) is 3.22. The smallest absolute Gasteiger partial charge is 0.277 e. The molecule has 3 aromatic rings. The summed E-state index contributed by atoms with van der Waals surface area (Å²) in [5.41, 5.74) is 2.70. The van der Waals surface area contributed by atoms with Crippen molar-refractivity contribution in [2.24, 2.45) is 0 Å². The molecule has 4 heteroatoms. The fourth-order valence-electron chi connectivity index (χ4n) is 2.70. The monoisotopic (exact) mass is 317 g/mol. The number of carbonyl (C=O) groups excluding carboxylic acids is 1. The molecule has 0 radical (unpaired) electrons. The zero-order valence-electron chi connectivity index (χ0n) is 12.9. The van der Waals surface area contributed by atoms with Gasteiger partial charge >= 0.3 is 0 Å². The number of Topliss-reactive ketones (excluding diaryl/α,β-unsaturated/α-hetero) is 1. The highest BCUT2D eigenvalue weighted by atomic mass is 16.6. The van der Waals surface area contributed by atoms with Gasteiger partial charge in [-0.25, -0.2) is 0 Å². The minimum absolute atomic E-state index is 0.0124. The predicted octanol–water partition coefficient (Wildman–Crippen LogP) is 4.69. The molecule has 0 fully saturated rings. The van der Waals surface area contributed by atoms with Gasteiger partial charge in [0.25, 0.3) is 5.69 Å². The van der Waals surface area contributed by atoms with Crippen LogP contribution in [-0.4, -0.2) is 10.7 Å². The minimum atomic E-state index is -0.398. The van der Waals surface area contributed by atoms with E-state index in [1.54, 1.807) is 30.3 Å². The number of hydrogen-bond acceptors (Lipinski definition) is 3. The quantitative estimate of drug-likeness (QED) is 0.390. The molecular weight excluding hydrogens is 302 g/mol. The second-order valence-electron chi connectivity index (χ2n) is 5.40. The molecule has 118 valence electrons. The van der Waals surface area contributed by atoms with Crippen molar-refractivity contribution in [2.45, 2.75) is 6.42 Å². The highest BCUT2D eigenvalue weighted by Crippen LogP contribution is 2.32. The van der Waals surface area contributed by atoms with Crippen LogP contribution in [0, 0.1) is 10.1 Å². The molecule has 0 spiro atoms. The first-order chi connectivity index (χ1) is 11.7. The summed E-state index contributed by atoms with van der Waals surface area (Å²) in [6, 6.07) is 23.0. The Morgan fingerprint density at radius 3 is 2.08 bits per heavy atom. The van der Waals surface area contributed by atoms with E-state index >= 15 is 0 Å². The highest BCUT2D eigenvalue weighted by molar-refractivity contribution is 5.98. The molecule has 0 aliphatic rings. The maximum absolute atomic E-state index is 12.5. The van der Waals surface area contributed by atoms with E-state index in [2.05, 4.69) is 0 Å². The maximum Gasteiger partial charge on any atom is 0.277 e. The lowest BCUT2D eigenvalue weighted by Crippen LogP contribution is -2.05. The van der Waals surface area contributed by atoms with Gasteiger partial charge in [-0.2, -0.15) is 0 Å². The van der Waals surface area contributed by atoms with E-state index in [9.17, 15) is 14.9 Å². The van der Waals surface area contributed by atoms with Crippen LogP contribution in [0.4, 0.5) is 5.69 Å². The Hall–Kier alpha value is -3.27. The molecule has 0 aliphatic carbocycles. The van der Waals surface area contributed by atoms with Gasteiger partial charge in [0.2, 0.25) is 0 Å². The lowest BCUT2D eigenvalue weighted by Gasteiger charge is -2.10. The fraction of sp³-hybridized carbons (Fsp3) is 0.0500. The molecule has 3 aromatic carbocycles. The van der Waals surface area contributed by atoms with Crippen LogP contribution in [0.3, 0.4) is 0 Å². The number of ketones is 1. The van der Waals surface area contributed by atoms with Gasteiger partial charge in [-0.1, -0.05) is 66.7 Å². The molecule has 0 amide bonds. The fourth-order valence-corrected chi connectivity index (χ4v) is 2.70. The number of hydrogen-bond donors (Lipinski definition) is 0. The van der Waals surface area contributed by atoms with Crippen LogP contribution in [-0.2, 0) is 6.42 Å². The molecule has 0 saturated heterocycles. The summed E-state index contributed by atoms with van der Waals surface area (Å²) in [7, 11) is 0. The van der Waals surface area contributed by atoms with E-state index in [1.165, 1.54) is 6.07 Å². The van der Waals surface area contributed by atoms with E-state index in [1.807, 2.05) is 42.5 Å². The first-order valence-corrected chi connectivity index (χ1v) is 7.57. The standard InChI is InChI=1S/C20H15NO3/c22-20(15-8-2-1-3-9-15)14-16-10-4-5-11-17(16)18-12-6-7-13-19(18)21(23)24/h1-13H,14H2. The Morgan fingerprint density at radius 2 is 1.38 bits per heavy atom. The molecule has 0 aromatic heterocycles. The van der Waals surface area contributed by atoms with E-state index < -0.39 is 4.92 Å². The van der Waals surface area contributed by atoms with Crippen molar-refractivity contribution in [1.29, 1.82) is 0 Å².